The van der Waals surface area contributed by atoms with Crippen molar-refractivity contribution >= 4 is 28.9 Å². The van der Waals surface area contributed by atoms with Crippen LogP contribution in [0.2, 0.25) is 0 Å². The second-order valence-corrected chi connectivity index (χ2v) is 5.58. The van der Waals surface area contributed by atoms with Crippen LogP contribution in [0, 0.1) is 0 Å². The van der Waals surface area contributed by atoms with Crippen molar-refractivity contribution < 1.29 is 14.7 Å². The van der Waals surface area contributed by atoms with Gasteiger partial charge in [0, 0.05) is 17.0 Å². The lowest BCUT2D eigenvalue weighted by molar-refractivity contribution is -0.141. The van der Waals surface area contributed by atoms with Crippen LogP contribution in [0.1, 0.15) is 22.9 Å². The molecule has 0 aliphatic rings. The molecule has 0 saturated carbocycles. The fourth-order valence-electron chi connectivity index (χ4n) is 1.95. The maximum atomic E-state index is 11.9. The van der Waals surface area contributed by atoms with Crippen molar-refractivity contribution in [1.82, 2.24) is 5.32 Å². The van der Waals surface area contributed by atoms with Gasteiger partial charge in [-0.2, -0.15) is 0 Å². The Labute approximate surface area is 126 Å². The number of carboxylic acid groups (broad SMARTS) is 1. The third kappa shape index (κ3) is 4.32. The molecule has 1 atom stereocenters. The molecule has 0 aliphatic carbocycles. The van der Waals surface area contributed by atoms with E-state index in [1.807, 2.05) is 12.1 Å². The molecule has 1 unspecified atom stereocenters. The van der Waals surface area contributed by atoms with Crippen LogP contribution in [0.15, 0.2) is 41.8 Å². The van der Waals surface area contributed by atoms with Crippen molar-refractivity contribution in [2.45, 2.75) is 18.9 Å². The topological polar surface area (TPSA) is 92.4 Å². The van der Waals surface area contributed by atoms with E-state index >= 15 is 0 Å². The number of anilines is 1. The first kappa shape index (κ1) is 15.1. The van der Waals surface area contributed by atoms with Crippen LogP contribution in [-0.4, -0.2) is 17.0 Å². The smallest absolute Gasteiger partial charge is 0.331 e. The van der Waals surface area contributed by atoms with E-state index in [0.717, 1.165) is 5.56 Å². The number of thiophene rings is 1. The van der Waals surface area contributed by atoms with Gasteiger partial charge in [0.1, 0.15) is 0 Å². The molecule has 0 spiro atoms. The van der Waals surface area contributed by atoms with Gasteiger partial charge in [-0.05, 0) is 35.6 Å². The molecule has 1 amide bonds. The second-order valence-electron chi connectivity index (χ2n) is 4.60. The number of nitrogens with one attached hydrogen (secondary N) is 1. The van der Waals surface area contributed by atoms with Gasteiger partial charge in [0.15, 0.2) is 6.04 Å². The molecule has 0 bridgehead atoms. The van der Waals surface area contributed by atoms with E-state index in [4.69, 9.17) is 5.73 Å². The molecule has 2 aromatic rings. The predicted octanol–water partition coefficient (Wildman–Crippen LogP) is 2.21. The lowest BCUT2D eigenvalue weighted by Crippen LogP contribution is -2.33. The van der Waals surface area contributed by atoms with Gasteiger partial charge < -0.3 is 16.2 Å². The standard InChI is InChI=1S/C15H16N2O3S/c16-11-4-1-3-10(9-11)6-7-13(18)17-14(15(19)20)12-5-2-8-21-12/h1-5,8-9,14H,6-7,16H2,(H,17,18)(H,19,20). The van der Waals surface area contributed by atoms with E-state index < -0.39 is 12.0 Å². The highest BCUT2D eigenvalue weighted by molar-refractivity contribution is 7.10. The highest BCUT2D eigenvalue weighted by Crippen LogP contribution is 2.19. The average Bonchev–Trinajstić information content (AvgIpc) is 2.96. The summed E-state index contributed by atoms with van der Waals surface area (Å²) in [5.41, 5.74) is 7.27. The number of carboxylic acids is 1. The summed E-state index contributed by atoms with van der Waals surface area (Å²) >= 11 is 1.31. The number of amides is 1. The van der Waals surface area contributed by atoms with Crippen LogP contribution in [0.25, 0.3) is 0 Å². The summed E-state index contributed by atoms with van der Waals surface area (Å²) < 4.78 is 0. The molecule has 0 radical (unpaired) electrons. The normalized spacial score (nSPS) is 11.8. The van der Waals surface area contributed by atoms with Crippen LogP contribution in [0.5, 0.6) is 0 Å². The highest BCUT2D eigenvalue weighted by atomic mass is 32.1. The first-order valence-electron chi connectivity index (χ1n) is 6.46. The summed E-state index contributed by atoms with van der Waals surface area (Å²) in [6, 6.07) is 9.77. The van der Waals surface area contributed by atoms with E-state index in [9.17, 15) is 14.7 Å². The molecule has 4 N–H and O–H groups in total. The van der Waals surface area contributed by atoms with E-state index in [-0.39, 0.29) is 12.3 Å². The molecule has 2 rings (SSSR count). The van der Waals surface area contributed by atoms with Gasteiger partial charge in [0.05, 0.1) is 0 Å². The van der Waals surface area contributed by atoms with Gasteiger partial charge in [0.25, 0.3) is 0 Å². The minimum atomic E-state index is -1.06. The van der Waals surface area contributed by atoms with Crippen molar-refractivity contribution in [1.29, 1.82) is 0 Å². The Morgan fingerprint density at radius 2 is 2.10 bits per heavy atom. The molecule has 0 fully saturated rings. The molecular weight excluding hydrogens is 288 g/mol. The minimum absolute atomic E-state index is 0.221. The molecule has 6 heteroatoms. The van der Waals surface area contributed by atoms with E-state index in [1.54, 1.807) is 29.6 Å². The summed E-state index contributed by atoms with van der Waals surface area (Å²) in [5, 5.41) is 13.5. The Bertz CT molecular complexity index is 626. The van der Waals surface area contributed by atoms with Gasteiger partial charge in [-0.1, -0.05) is 18.2 Å². The second kappa shape index (κ2) is 6.90. The monoisotopic (exact) mass is 304 g/mol. The van der Waals surface area contributed by atoms with Crippen LogP contribution in [0.3, 0.4) is 0 Å². The van der Waals surface area contributed by atoms with E-state index in [0.29, 0.717) is 17.0 Å². The van der Waals surface area contributed by atoms with Crippen LogP contribution in [0.4, 0.5) is 5.69 Å². The van der Waals surface area contributed by atoms with Gasteiger partial charge in [-0.25, -0.2) is 4.79 Å². The number of aliphatic carboxylic acids is 1. The first-order valence-corrected chi connectivity index (χ1v) is 7.34. The third-order valence-electron chi connectivity index (χ3n) is 2.97. The number of hydrogen-bond acceptors (Lipinski definition) is 4. The summed E-state index contributed by atoms with van der Waals surface area (Å²) in [4.78, 5) is 23.7. The Morgan fingerprint density at radius 3 is 2.71 bits per heavy atom. The number of benzene rings is 1. The maximum Gasteiger partial charge on any atom is 0.331 e. The van der Waals surface area contributed by atoms with Crippen molar-refractivity contribution in [3.8, 4) is 0 Å². The summed E-state index contributed by atoms with van der Waals surface area (Å²) in [5.74, 6) is -1.35. The molecule has 0 saturated heterocycles. The van der Waals surface area contributed by atoms with E-state index in [2.05, 4.69) is 5.32 Å². The zero-order chi connectivity index (χ0) is 15.2. The van der Waals surface area contributed by atoms with Crippen molar-refractivity contribution in [2.75, 3.05) is 5.73 Å². The third-order valence-corrected chi connectivity index (χ3v) is 3.91. The fourth-order valence-corrected chi connectivity index (χ4v) is 2.72. The number of rotatable bonds is 6. The zero-order valence-electron chi connectivity index (χ0n) is 11.3. The Hall–Kier alpha value is -2.34. The van der Waals surface area contributed by atoms with Crippen LogP contribution >= 0.6 is 11.3 Å². The molecule has 1 aromatic carbocycles. The van der Waals surface area contributed by atoms with Crippen molar-refractivity contribution in [3.05, 3.63) is 52.2 Å². The van der Waals surface area contributed by atoms with Crippen LogP contribution in [-0.2, 0) is 16.0 Å². The van der Waals surface area contributed by atoms with Gasteiger partial charge in [-0.3, -0.25) is 4.79 Å². The van der Waals surface area contributed by atoms with Crippen molar-refractivity contribution in [3.63, 3.8) is 0 Å². The largest absolute Gasteiger partial charge is 0.479 e. The van der Waals surface area contributed by atoms with Crippen molar-refractivity contribution in [2.24, 2.45) is 0 Å². The first-order chi connectivity index (χ1) is 10.1. The number of carbonyl (C=O) groups excluding carboxylic acids is 1. The molecule has 1 aromatic heterocycles. The lowest BCUT2D eigenvalue weighted by atomic mass is 10.1. The fraction of sp³-hybridized carbons (Fsp3) is 0.200. The summed E-state index contributed by atoms with van der Waals surface area (Å²) in [7, 11) is 0. The number of hydrogen-bond donors (Lipinski definition) is 3. The summed E-state index contributed by atoms with van der Waals surface area (Å²) in [6.07, 6.45) is 0.742. The Kier molecular flexibility index (Phi) is 4.94. The highest BCUT2D eigenvalue weighted by Gasteiger charge is 2.22. The van der Waals surface area contributed by atoms with Gasteiger partial charge in [0.2, 0.25) is 5.91 Å². The Morgan fingerprint density at radius 1 is 1.29 bits per heavy atom. The quantitative estimate of drug-likeness (QED) is 0.713. The van der Waals surface area contributed by atoms with Gasteiger partial charge in [-0.15, -0.1) is 11.3 Å². The number of carbonyl (C=O) groups is 2. The number of nitrogen functional groups attached to an aromatic ring is 1. The molecular formula is C15H16N2O3S. The maximum absolute atomic E-state index is 11.9. The minimum Gasteiger partial charge on any atom is -0.479 e. The van der Waals surface area contributed by atoms with Gasteiger partial charge >= 0.3 is 5.97 Å². The Balaban J connectivity index is 1.92. The SMILES string of the molecule is Nc1cccc(CCC(=O)NC(C(=O)O)c2cccs2)c1. The van der Waals surface area contributed by atoms with E-state index in [1.165, 1.54) is 11.3 Å². The number of nitrogens with two attached hydrogens (primary N) is 1. The van der Waals surface area contributed by atoms with Crippen LogP contribution < -0.4 is 11.1 Å². The number of aryl methyl sites for hydroxylation is 1. The molecule has 0 aliphatic heterocycles. The molecule has 21 heavy (non-hydrogen) atoms. The summed E-state index contributed by atoms with van der Waals surface area (Å²) in [6.45, 7) is 0. The molecule has 110 valence electrons. The zero-order valence-corrected chi connectivity index (χ0v) is 12.1. The molecule has 1 heterocycles. The predicted molar refractivity (Wildman–Crippen MR) is 82.0 cm³/mol. The lowest BCUT2D eigenvalue weighted by Gasteiger charge is -2.13. The average molecular weight is 304 g/mol. The molecule has 5 nitrogen and oxygen atoms in total.